The van der Waals surface area contributed by atoms with E-state index in [4.69, 9.17) is 4.74 Å². The number of hydrogen-bond acceptors (Lipinski definition) is 3. The molecule has 4 heteroatoms. The molecule has 1 atom stereocenters. The summed E-state index contributed by atoms with van der Waals surface area (Å²) in [4.78, 5) is 0. The Morgan fingerprint density at radius 2 is 1.87 bits per heavy atom. The number of halogens is 1. The molecule has 1 unspecified atom stereocenters. The molecule has 0 aliphatic heterocycles. The third-order valence-corrected chi connectivity index (χ3v) is 4.13. The van der Waals surface area contributed by atoms with Crippen molar-refractivity contribution in [3.05, 3.63) is 41.3 Å². The fraction of sp³-hybridized carbons (Fsp3) is 0.474. The highest BCUT2D eigenvalue weighted by atomic mass is 19.1. The van der Waals surface area contributed by atoms with Crippen LogP contribution in [-0.2, 0) is 0 Å². The highest BCUT2D eigenvalue weighted by Crippen LogP contribution is 2.34. The van der Waals surface area contributed by atoms with Crippen molar-refractivity contribution in [3.63, 3.8) is 0 Å². The first-order valence-corrected chi connectivity index (χ1v) is 8.19. The van der Waals surface area contributed by atoms with Gasteiger partial charge in [0.25, 0.3) is 0 Å². The van der Waals surface area contributed by atoms with Gasteiger partial charge >= 0.3 is 0 Å². The summed E-state index contributed by atoms with van der Waals surface area (Å²) in [5.74, 6) is 0.719. The van der Waals surface area contributed by atoms with E-state index in [0.717, 1.165) is 24.1 Å². The molecule has 1 aromatic carbocycles. The minimum absolute atomic E-state index is 0.0939. The Hall–Kier alpha value is -1.97. The Balaban J connectivity index is 2.42. The molecule has 0 fully saturated rings. The summed E-state index contributed by atoms with van der Waals surface area (Å²) < 4.78 is 19.4. The molecule has 0 aliphatic carbocycles. The van der Waals surface area contributed by atoms with Crippen molar-refractivity contribution in [2.75, 3.05) is 7.11 Å². The van der Waals surface area contributed by atoms with E-state index in [1.807, 2.05) is 32.0 Å². The van der Waals surface area contributed by atoms with Gasteiger partial charge in [0.1, 0.15) is 11.6 Å². The predicted octanol–water partition coefficient (Wildman–Crippen LogP) is 5.32. The summed E-state index contributed by atoms with van der Waals surface area (Å²) in [6.07, 6.45) is 2.21. The second-order valence-electron chi connectivity index (χ2n) is 6.26. The third kappa shape index (κ3) is 3.87. The fourth-order valence-electron chi connectivity index (χ4n) is 2.71. The first-order valence-electron chi connectivity index (χ1n) is 8.19. The van der Waals surface area contributed by atoms with Crippen molar-refractivity contribution in [2.24, 2.45) is 0 Å². The molecule has 0 spiro atoms. The van der Waals surface area contributed by atoms with Crippen LogP contribution in [-0.4, -0.2) is 17.3 Å². The monoisotopic (exact) mass is 316 g/mol. The highest BCUT2D eigenvalue weighted by Gasteiger charge is 2.16. The molecule has 0 bridgehead atoms. The van der Waals surface area contributed by atoms with Crippen molar-refractivity contribution in [3.8, 4) is 17.0 Å². The average Bonchev–Trinajstić information content (AvgIpc) is 2.54. The lowest BCUT2D eigenvalue weighted by atomic mass is 9.97. The Labute approximate surface area is 137 Å². The van der Waals surface area contributed by atoms with Crippen LogP contribution in [0.25, 0.3) is 11.3 Å². The van der Waals surface area contributed by atoms with Gasteiger partial charge in [-0.25, -0.2) is 4.39 Å². The molecule has 23 heavy (non-hydrogen) atoms. The van der Waals surface area contributed by atoms with E-state index in [0.29, 0.717) is 22.9 Å². The maximum absolute atomic E-state index is 14.1. The zero-order valence-electron chi connectivity index (χ0n) is 14.6. The van der Waals surface area contributed by atoms with Crippen LogP contribution < -0.4 is 4.74 Å². The lowest BCUT2D eigenvalue weighted by Crippen LogP contribution is -2.02. The number of methoxy groups -OCH3 is 1. The van der Waals surface area contributed by atoms with Gasteiger partial charge in [0.05, 0.1) is 18.5 Å². The van der Waals surface area contributed by atoms with Gasteiger partial charge in [-0.1, -0.05) is 34.1 Å². The number of nitrogens with zero attached hydrogens (tertiary/aromatic N) is 2. The van der Waals surface area contributed by atoms with Gasteiger partial charge in [-0.15, -0.1) is 0 Å². The third-order valence-electron chi connectivity index (χ3n) is 4.13. The van der Waals surface area contributed by atoms with Crippen LogP contribution >= 0.6 is 0 Å². The Bertz CT molecular complexity index is 653. The summed E-state index contributed by atoms with van der Waals surface area (Å²) in [5, 5.41) is 8.69. The molecule has 0 radical (unpaired) electrons. The lowest BCUT2D eigenvalue weighted by molar-refractivity contribution is 0.412. The van der Waals surface area contributed by atoms with Crippen LogP contribution in [0.3, 0.4) is 0 Å². The van der Waals surface area contributed by atoms with Crippen LogP contribution in [0.5, 0.6) is 5.75 Å². The maximum atomic E-state index is 14.1. The van der Waals surface area contributed by atoms with Gasteiger partial charge in [0.15, 0.2) is 0 Å². The molecular weight excluding hydrogens is 291 g/mol. The van der Waals surface area contributed by atoms with Gasteiger partial charge < -0.3 is 4.74 Å². The molecule has 0 saturated heterocycles. The average molecular weight is 316 g/mol. The molecule has 0 saturated carbocycles. The van der Waals surface area contributed by atoms with Gasteiger partial charge in [-0.05, 0) is 36.1 Å². The Morgan fingerprint density at radius 1 is 1.13 bits per heavy atom. The van der Waals surface area contributed by atoms with Crippen molar-refractivity contribution in [2.45, 2.75) is 52.4 Å². The fourth-order valence-corrected chi connectivity index (χ4v) is 2.71. The topological polar surface area (TPSA) is 35.0 Å². The Morgan fingerprint density at radius 3 is 2.39 bits per heavy atom. The second kappa shape index (κ2) is 7.53. The molecule has 3 nitrogen and oxygen atoms in total. The summed E-state index contributed by atoms with van der Waals surface area (Å²) in [7, 11) is 1.54. The van der Waals surface area contributed by atoms with Gasteiger partial charge in [-0.3, -0.25) is 0 Å². The van der Waals surface area contributed by atoms with E-state index in [1.165, 1.54) is 6.07 Å². The smallest absolute Gasteiger partial charge is 0.131 e. The van der Waals surface area contributed by atoms with Crippen LogP contribution in [0.1, 0.15) is 63.6 Å². The minimum Gasteiger partial charge on any atom is -0.496 e. The Kier molecular flexibility index (Phi) is 5.69. The second-order valence-corrected chi connectivity index (χ2v) is 6.26. The molecule has 0 aliphatic rings. The molecule has 0 N–H and O–H groups in total. The first kappa shape index (κ1) is 17.4. The normalized spacial score (nSPS) is 12.5. The summed E-state index contributed by atoms with van der Waals surface area (Å²) in [6.45, 7) is 8.25. The van der Waals surface area contributed by atoms with Crippen molar-refractivity contribution in [1.29, 1.82) is 0 Å². The number of aromatic nitrogens is 2. The van der Waals surface area contributed by atoms with Crippen molar-refractivity contribution in [1.82, 2.24) is 10.2 Å². The van der Waals surface area contributed by atoms with E-state index < -0.39 is 0 Å². The van der Waals surface area contributed by atoms with Crippen LogP contribution in [0.4, 0.5) is 4.39 Å². The number of hydrogen-bond donors (Lipinski definition) is 0. The van der Waals surface area contributed by atoms with E-state index in [2.05, 4.69) is 24.0 Å². The van der Waals surface area contributed by atoms with Gasteiger partial charge in [0, 0.05) is 17.5 Å². The SMILES string of the molecule is CCCC(C)c1ccc(-c2cc(C(C)C)c(F)cc2OC)nn1. The lowest BCUT2D eigenvalue weighted by Gasteiger charge is -2.14. The van der Waals surface area contributed by atoms with Gasteiger partial charge in [0.2, 0.25) is 0 Å². The minimum atomic E-state index is -0.248. The quantitative estimate of drug-likeness (QED) is 0.723. The van der Waals surface area contributed by atoms with E-state index in [1.54, 1.807) is 7.11 Å². The van der Waals surface area contributed by atoms with E-state index in [-0.39, 0.29) is 11.7 Å². The largest absolute Gasteiger partial charge is 0.496 e. The highest BCUT2D eigenvalue weighted by molar-refractivity contribution is 5.68. The maximum Gasteiger partial charge on any atom is 0.131 e. The van der Waals surface area contributed by atoms with Crippen molar-refractivity contribution >= 4 is 0 Å². The molecule has 2 rings (SSSR count). The van der Waals surface area contributed by atoms with E-state index >= 15 is 0 Å². The number of ether oxygens (including phenoxy) is 1. The standard InChI is InChI=1S/C19H25FN2O/c1-6-7-13(4)17-8-9-18(22-21-17)15-10-14(12(2)3)16(20)11-19(15)23-5/h8-13H,6-7H2,1-5H3. The summed E-state index contributed by atoms with van der Waals surface area (Å²) in [5.41, 5.74) is 3.13. The van der Waals surface area contributed by atoms with Crippen LogP contribution in [0.2, 0.25) is 0 Å². The molecule has 0 amide bonds. The zero-order chi connectivity index (χ0) is 17.0. The molecular formula is C19H25FN2O. The summed E-state index contributed by atoms with van der Waals surface area (Å²) >= 11 is 0. The number of rotatable bonds is 6. The van der Waals surface area contributed by atoms with Gasteiger partial charge in [-0.2, -0.15) is 10.2 Å². The van der Waals surface area contributed by atoms with Crippen molar-refractivity contribution < 1.29 is 9.13 Å². The first-order chi connectivity index (χ1) is 11.0. The number of benzene rings is 1. The van der Waals surface area contributed by atoms with E-state index in [9.17, 15) is 4.39 Å². The van der Waals surface area contributed by atoms with Crippen LogP contribution in [0, 0.1) is 5.82 Å². The molecule has 1 heterocycles. The summed E-state index contributed by atoms with van der Waals surface area (Å²) in [6, 6.07) is 7.19. The molecule has 2 aromatic rings. The molecule has 1 aromatic heterocycles. The predicted molar refractivity (Wildman–Crippen MR) is 91.4 cm³/mol. The van der Waals surface area contributed by atoms with Crippen LogP contribution in [0.15, 0.2) is 24.3 Å². The zero-order valence-corrected chi connectivity index (χ0v) is 14.6. The molecule has 124 valence electrons.